The molecular formula is C23H15ClN6. The molecule has 3 heterocycles. The molecule has 5 aromatic rings. The zero-order chi connectivity index (χ0) is 20.5. The van der Waals surface area contributed by atoms with Crippen LogP contribution in [0.5, 0.6) is 0 Å². The fourth-order valence-corrected chi connectivity index (χ4v) is 3.53. The van der Waals surface area contributed by atoms with Gasteiger partial charge >= 0.3 is 0 Å². The zero-order valence-corrected chi connectivity index (χ0v) is 16.5. The molecule has 0 unspecified atom stereocenters. The number of hydrogen-bond donors (Lipinski definition) is 0. The van der Waals surface area contributed by atoms with Crippen molar-refractivity contribution in [1.29, 1.82) is 5.26 Å². The number of rotatable bonds is 4. The molecule has 0 N–H and O–H groups in total. The van der Waals surface area contributed by atoms with Crippen molar-refractivity contribution in [3.05, 3.63) is 95.3 Å². The quantitative estimate of drug-likeness (QED) is 0.425. The highest BCUT2D eigenvalue weighted by atomic mass is 35.5. The number of hydrogen-bond acceptors (Lipinski definition) is 4. The van der Waals surface area contributed by atoms with Crippen molar-refractivity contribution in [3.8, 4) is 28.7 Å². The van der Waals surface area contributed by atoms with Gasteiger partial charge in [0.1, 0.15) is 17.0 Å². The van der Waals surface area contributed by atoms with E-state index in [1.807, 2.05) is 71.4 Å². The summed E-state index contributed by atoms with van der Waals surface area (Å²) in [4.78, 5) is 4.81. The summed E-state index contributed by atoms with van der Waals surface area (Å²) in [5, 5.41) is 18.4. The topological polar surface area (TPSA) is 71.8 Å². The molecule has 0 radical (unpaired) electrons. The third kappa shape index (κ3) is 3.32. The third-order valence-electron chi connectivity index (χ3n) is 4.86. The van der Waals surface area contributed by atoms with Gasteiger partial charge in [0, 0.05) is 16.8 Å². The van der Waals surface area contributed by atoms with Crippen LogP contribution < -0.4 is 0 Å². The van der Waals surface area contributed by atoms with E-state index in [4.69, 9.17) is 21.8 Å². The molecule has 0 aliphatic carbocycles. The molecule has 6 nitrogen and oxygen atoms in total. The van der Waals surface area contributed by atoms with Crippen molar-refractivity contribution in [2.45, 2.75) is 6.54 Å². The largest absolute Gasteiger partial charge is 0.298 e. The summed E-state index contributed by atoms with van der Waals surface area (Å²) in [6.45, 7) is 0.561. The van der Waals surface area contributed by atoms with Crippen LogP contribution in [0.1, 0.15) is 11.1 Å². The van der Waals surface area contributed by atoms with Gasteiger partial charge < -0.3 is 0 Å². The first kappa shape index (κ1) is 18.1. The Bertz CT molecular complexity index is 1370. The van der Waals surface area contributed by atoms with Crippen molar-refractivity contribution in [2.75, 3.05) is 0 Å². The van der Waals surface area contributed by atoms with Crippen molar-refractivity contribution in [1.82, 2.24) is 24.4 Å². The summed E-state index contributed by atoms with van der Waals surface area (Å²) >= 11 is 6.06. The fraction of sp³-hybridized carbons (Fsp3) is 0.0435. The first-order chi connectivity index (χ1) is 14.7. The van der Waals surface area contributed by atoms with Crippen molar-refractivity contribution in [2.24, 2.45) is 0 Å². The van der Waals surface area contributed by atoms with E-state index < -0.39 is 0 Å². The molecule has 2 aromatic carbocycles. The number of pyridine rings is 1. The number of fused-ring (bicyclic) bond motifs is 1. The Morgan fingerprint density at radius 1 is 0.967 bits per heavy atom. The number of aromatic nitrogens is 5. The number of halogens is 1. The van der Waals surface area contributed by atoms with Crippen LogP contribution in [0, 0.1) is 11.3 Å². The van der Waals surface area contributed by atoms with Gasteiger partial charge in [-0.1, -0.05) is 47.1 Å². The van der Waals surface area contributed by atoms with Crippen LogP contribution in [0.4, 0.5) is 0 Å². The van der Waals surface area contributed by atoms with Crippen LogP contribution in [0.15, 0.2) is 79.1 Å². The lowest BCUT2D eigenvalue weighted by molar-refractivity contribution is 0.650. The van der Waals surface area contributed by atoms with E-state index in [0.717, 1.165) is 33.9 Å². The Kier molecular flexibility index (Phi) is 4.51. The van der Waals surface area contributed by atoms with Gasteiger partial charge in [-0.3, -0.25) is 4.40 Å². The van der Waals surface area contributed by atoms with Crippen LogP contribution in [0.25, 0.3) is 28.3 Å². The van der Waals surface area contributed by atoms with Gasteiger partial charge in [-0.25, -0.2) is 9.67 Å². The second kappa shape index (κ2) is 7.47. The van der Waals surface area contributed by atoms with Crippen molar-refractivity contribution in [3.63, 3.8) is 0 Å². The van der Waals surface area contributed by atoms with Crippen LogP contribution in [-0.4, -0.2) is 24.4 Å². The number of imidazole rings is 1. The summed E-state index contributed by atoms with van der Waals surface area (Å²) in [6, 6.07) is 23.1. The van der Waals surface area contributed by atoms with Crippen molar-refractivity contribution >= 4 is 17.2 Å². The first-order valence-electron chi connectivity index (χ1n) is 9.34. The standard InChI is InChI=1S/C23H15ClN6/c24-19-10-8-18(9-11-19)22-23(30-12-2-1-3-21(30)26-22)20-15-29(28-27-20)14-17-6-4-16(13-25)5-7-17/h1-12,15H,14H2. The highest BCUT2D eigenvalue weighted by molar-refractivity contribution is 6.30. The van der Waals surface area contributed by atoms with Gasteiger partial charge in [0.05, 0.1) is 30.1 Å². The Morgan fingerprint density at radius 2 is 1.77 bits per heavy atom. The molecule has 0 aliphatic heterocycles. The highest BCUT2D eigenvalue weighted by Crippen LogP contribution is 2.32. The number of benzene rings is 2. The summed E-state index contributed by atoms with van der Waals surface area (Å²) in [5.41, 5.74) is 5.89. The molecule has 0 saturated carbocycles. The predicted octanol–water partition coefficient (Wildman–Crippen LogP) is 4.83. The molecule has 30 heavy (non-hydrogen) atoms. The van der Waals surface area contributed by atoms with E-state index in [0.29, 0.717) is 17.1 Å². The Morgan fingerprint density at radius 3 is 2.53 bits per heavy atom. The Labute approximate surface area is 177 Å². The van der Waals surface area contributed by atoms with E-state index in [-0.39, 0.29) is 0 Å². The lowest BCUT2D eigenvalue weighted by Crippen LogP contribution is -2.00. The molecule has 0 aliphatic rings. The summed E-state index contributed by atoms with van der Waals surface area (Å²) in [6.07, 6.45) is 3.88. The first-order valence-corrected chi connectivity index (χ1v) is 9.71. The summed E-state index contributed by atoms with van der Waals surface area (Å²) < 4.78 is 3.80. The average Bonchev–Trinajstić information content (AvgIpc) is 3.39. The molecule has 0 amide bonds. The van der Waals surface area contributed by atoms with Crippen molar-refractivity contribution < 1.29 is 0 Å². The monoisotopic (exact) mass is 410 g/mol. The van der Waals surface area contributed by atoms with Gasteiger partial charge in [-0.2, -0.15) is 5.26 Å². The summed E-state index contributed by atoms with van der Waals surface area (Å²) in [5.74, 6) is 0. The van der Waals surface area contributed by atoms with Crippen LogP contribution in [0.3, 0.4) is 0 Å². The molecule has 144 valence electrons. The smallest absolute Gasteiger partial charge is 0.137 e. The van der Waals surface area contributed by atoms with E-state index in [9.17, 15) is 0 Å². The van der Waals surface area contributed by atoms with Gasteiger partial charge in [-0.15, -0.1) is 5.10 Å². The normalized spacial score (nSPS) is 10.9. The molecule has 0 atom stereocenters. The molecule has 3 aromatic heterocycles. The molecule has 0 bridgehead atoms. The van der Waals surface area contributed by atoms with Crippen LogP contribution in [-0.2, 0) is 6.54 Å². The van der Waals surface area contributed by atoms with E-state index in [1.165, 1.54) is 0 Å². The average molecular weight is 411 g/mol. The number of nitrogens with zero attached hydrogens (tertiary/aromatic N) is 6. The second-order valence-electron chi connectivity index (χ2n) is 6.85. The lowest BCUT2D eigenvalue weighted by Gasteiger charge is -2.03. The summed E-state index contributed by atoms with van der Waals surface area (Å²) in [7, 11) is 0. The predicted molar refractivity (Wildman–Crippen MR) is 115 cm³/mol. The van der Waals surface area contributed by atoms with E-state index >= 15 is 0 Å². The van der Waals surface area contributed by atoms with E-state index in [2.05, 4.69) is 16.4 Å². The molecule has 0 saturated heterocycles. The molecular weight excluding hydrogens is 396 g/mol. The maximum Gasteiger partial charge on any atom is 0.137 e. The zero-order valence-electron chi connectivity index (χ0n) is 15.8. The SMILES string of the molecule is N#Cc1ccc(Cn2cc(-c3c(-c4ccc(Cl)cc4)nc4ccccn34)nn2)cc1. The molecule has 5 rings (SSSR count). The minimum absolute atomic E-state index is 0.561. The van der Waals surface area contributed by atoms with Gasteiger partial charge in [-0.05, 0) is 42.0 Å². The Balaban J connectivity index is 1.57. The van der Waals surface area contributed by atoms with Gasteiger partial charge in [0.2, 0.25) is 0 Å². The van der Waals surface area contributed by atoms with Gasteiger partial charge in [0.25, 0.3) is 0 Å². The lowest BCUT2D eigenvalue weighted by atomic mass is 10.1. The fourth-order valence-electron chi connectivity index (χ4n) is 3.41. The van der Waals surface area contributed by atoms with E-state index in [1.54, 1.807) is 16.8 Å². The third-order valence-corrected chi connectivity index (χ3v) is 5.11. The Hall–Kier alpha value is -3.95. The molecule has 0 spiro atoms. The van der Waals surface area contributed by atoms with Gasteiger partial charge in [0.15, 0.2) is 0 Å². The van der Waals surface area contributed by atoms with Crippen LogP contribution >= 0.6 is 11.6 Å². The number of nitriles is 1. The van der Waals surface area contributed by atoms with Crippen LogP contribution in [0.2, 0.25) is 5.02 Å². The maximum atomic E-state index is 8.96. The minimum atomic E-state index is 0.561. The highest BCUT2D eigenvalue weighted by Gasteiger charge is 2.18. The molecule has 0 fully saturated rings. The molecule has 7 heteroatoms. The minimum Gasteiger partial charge on any atom is -0.298 e. The second-order valence-corrected chi connectivity index (χ2v) is 7.29. The maximum absolute atomic E-state index is 8.96.